The summed E-state index contributed by atoms with van der Waals surface area (Å²) in [4.78, 5) is 31.4. The summed E-state index contributed by atoms with van der Waals surface area (Å²) < 4.78 is 41.0. The lowest BCUT2D eigenvalue weighted by Gasteiger charge is -2.40. The van der Waals surface area contributed by atoms with Gasteiger partial charge in [-0.15, -0.1) is 6.58 Å². The number of rotatable bonds is 20. The number of carbonyl (C=O) groups is 2. The van der Waals surface area contributed by atoms with Crippen molar-refractivity contribution in [1.29, 1.82) is 0 Å². The second-order valence-electron chi connectivity index (χ2n) is 14.4. The molecule has 1 aliphatic carbocycles. The van der Waals surface area contributed by atoms with Gasteiger partial charge in [-0.25, -0.2) is 4.79 Å². The van der Waals surface area contributed by atoms with Gasteiger partial charge in [-0.05, 0) is 110 Å². The van der Waals surface area contributed by atoms with E-state index in [1.54, 1.807) is 45.5 Å². The summed E-state index contributed by atoms with van der Waals surface area (Å²) in [6, 6.07) is 16.5. The molecule has 56 heavy (non-hydrogen) atoms. The smallest absolute Gasteiger partial charge is 0.329 e. The Kier molecular flexibility index (Phi) is 16.0. The van der Waals surface area contributed by atoms with Crippen LogP contribution in [0, 0.1) is 5.92 Å². The van der Waals surface area contributed by atoms with Gasteiger partial charge < -0.3 is 38.1 Å². The number of methoxy groups -OCH3 is 4. The van der Waals surface area contributed by atoms with Crippen LogP contribution in [0.4, 0.5) is 0 Å². The Morgan fingerprint density at radius 2 is 1.48 bits per heavy atom. The molecule has 3 atom stereocenters. The van der Waals surface area contributed by atoms with E-state index in [1.807, 2.05) is 54.6 Å². The normalized spacial score (nSPS) is 16.9. The quantitative estimate of drug-likeness (QED) is 0.0633. The summed E-state index contributed by atoms with van der Waals surface area (Å²) in [6.45, 7) is 8.80. The minimum atomic E-state index is -0.726. The molecule has 302 valence electrons. The molecule has 2 aliphatic rings. The van der Waals surface area contributed by atoms with Crippen LogP contribution in [-0.4, -0.2) is 71.0 Å². The summed E-state index contributed by atoms with van der Waals surface area (Å²) in [5.74, 6) is 2.57. The fourth-order valence-electron chi connectivity index (χ4n) is 7.98. The molecular weight excluding hydrogens is 711 g/mol. The maximum Gasteiger partial charge on any atom is 0.329 e. The number of nitrogens with zero attached hydrogens (tertiary/aromatic N) is 1. The van der Waals surface area contributed by atoms with Crippen LogP contribution in [0.25, 0.3) is 0 Å². The van der Waals surface area contributed by atoms with Gasteiger partial charge in [0.2, 0.25) is 11.7 Å². The van der Waals surface area contributed by atoms with E-state index in [1.165, 1.54) is 0 Å². The molecule has 1 saturated carbocycles. The van der Waals surface area contributed by atoms with E-state index in [-0.39, 0.29) is 11.8 Å². The minimum Gasteiger partial charge on any atom is -0.493 e. The van der Waals surface area contributed by atoms with Crippen LogP contribution in [0.15, 0.2) is 79.9 Å². The summed E-state index contributed by atoms with van der Waals surface area (Å²) in [5.41, 5.74) is 2.62. The van der Waals surface area contributed by atoms with Crippen LogP contribution in [-0.2, 0) is 20.7 Å². The second kappa shape index (κ2) is 21.3. The number of amides is 1. The fraction of sp³-hybridized carbons (Fsp3) is 0.478. The number of hydrogen-bond acceptors (Lipinski definition) is 9. The van der Waals surface area contributed by atoms with Gasteiger partial charge in [0.05, 0.1) is 41.0 Å². The predicted molar refractivity (Wildman–Crippen MR) is 217 cm³/mol. The Morgan fingerprint density at radius 1 is 0.768 bits per heavy atom. The van der Waals surface area contributed by atoms with Gasteiger partial charge in [0.25, 0.3) is 0 Å². The average molecular weight is 770 g/mol. The third-order valence-corrected chi connectivity index (χ3v) is 10.9. The first-order valence-electron chi connectivity index (χ1n) is 19.9. The SMILES string of the molecule is C=CCCOc1c(OC)cc(C(C(=O)N2CCCCC2C(=O)OC(CCc2ccc(OC)c(OC)c2)c2cccc(OCC=C)c2)C2CCCCC2)cc1OC. The van der Waals surface area contributed by atoms with Gasteiger partial charge in [-0.2, -0.15) is 0 Å². The minimum absolute atomic E-state index is 0.0651. The number of aryl methyl sites for hydroxylation is 1. The largest absolute Gasteiger partial charge is 0.493 e. The summed E-state index contributed by atoms with van der Waals surface area (Å²) in [6.07, 6.45) is 11.9. The van der Waals surface area contributed by atoms with Crippen molar-refractivity contribution in [1.82, 2.24) is 4.90 Å². The molecule has 1 aliphatic heterocycles. The molecule has 0 bridgehead atoms. The molecule has 2 fully saturated rings. The third-order valence-electron chi connectivity index (χ3n) is 10.9. The predicted octanol–water partition coefficient (Wildman–Crippen LogP) is 9.20. The summed E-state index contributed by atoms with van der Waals surface area (Å²) in [7, 11) is 6.40. The van der Waals surface area contributed by atoms with Gasteiger partial charge in [0, 0.05) is 6.54 Å². The van der Waals surface area contributed by atoms with Crippen molar-refractivity contribution >= 4 is 11.9 Å². The lowest BCUT2D eigenvalue weighted by molar-refractivity contribution is -0.163. The maximum atomic E-state index is 15.1. The number of esters is 1. The van der Waals surface area contributed by atoms with Crippen LogP contribution in [0.1, 0.15) is 92.9 Å². The van der Waals surface area contributed by atoms with Gasteiger partial charge in [0.1, 0.15) is 24.5 Å². The molecule has 10 heteroatoms. The van der Waals surface area contributed by atoms with Gasteiger partial charge in [0.15, 0.2) is 23.0 Å². The maximum absolute atomic E-state index is 15.1. The standard InChI is InChI=1S/C46H59NO9/c1-7-9-27-55-44-41(52-5)30-35(31-42(44)53-6)43(33-16-11-10-12-17-33)45(48)47-25-14-13-20-37(47)46(49)56-38(34-18-15-19-36(29-34)54-26-8-2)23-21-32-22-24-39(50-3)40(28-32)51-4/h7-8,15,18-19,22,24,28-31,33,37-38,43H,1-2,9-14,16-17,20-21,23,25-27H2,3-6H3. The van der Waals surface area contributed by atoms with Crippen molar-refractivity contribution < 1.29 is 42.7 Å². The molecule has 3 aromatic carbocycles. The van der Waals surface area contributed by atoms with Crippen LogP contribution in [0.3, 0.4) is 0 Å². The molecule has 1 saturated heterocycles. The monoisotopic (exact) mass is 769 g/mol. The fourth-order valence-corrected chi connectivity index (χ4v) is 7.98. The van der Waals surface area contributed by atoms with Crippen molar-refractivity contribution in [3.63, 3.8) is 0 Å². The summed E-state index contributed by atoms with van der Waals surface area (Å²) >= 11 is 0. The lowest BCUT2D eigenvalue weighted by Crippen LogP contribution is -2.51. The lowest BCUT2D eigenvalue weighted by atomic mass is 9.75. The molecule has 0 aromatic heterocycles. The van der Waals surface area contributed by atoms with E-state index in [4.69, 9.17) is 33.2 Å². The molecule has 3 unspecified atom stereocenters. The second-order valence-corrected chi connectivity index (χ2v) is 14.4. The first-order valence-corrected chi connectivity index (χ1v) is 19.9. The van der Waals surface area contributed by atoms with E-state index < -0.39 is 24.0 Å². The van der Waals surface area contributed by atoms with Crippen LogP contribution >= 0.6 is 0 Å². The van der Waals surface area contributed by atoms with Crippen molar-refractivity contribution in [2.24, 2.45) is 5.92 Å². The van der Waals surface area contributed by atoms with E-state index in [2.05, 4.69) is 13.2 Å². The zero-order valence-electron chi connectivity index (χ0n) is 33.6. The van der Waals surface area contributed by atoms with E-state index in [0.717, 1.165) is 61.6 Å². The molecule has 1 amide bonds. The van der Waals surface area contributed by atoms with Gasteiger partial charge >= 0.3 is 5.97 Å². The number of ether oxygens (including phenoxy) is 7. The van der Waals surface area contributed by atoms with Crippen molar-refractivity contribution in [3.05, 3.63) is 96.6 Å². The first-order chi connectivity index (χ1) is 27.3. The molecular formula is C46H59NO9. The zero-order chi connectivity index (χ0) is 39.9. The first kappa shape index (κ1) is 42.0. The van der Waals surface area contributed by atoms with E-state index in [0.29, 0.717) is 79.9 Å². The van der Waals surface area contributed by atoms with Crippen LogP contribution < -0.4 is 28.4 Å². The van der Waals surface area contributed by atoms with Crippen molar-refractivity contribution in [3.8, 4) is 34.5 Å². The molecule has 0 spiro atoms. The third kappa shape index (κ3) is 10.6. The highest BCUT2D eigenvalue weighted by atomic mass is 16.5. The van der Waals surface area contributed by atoms with Crippen molar-refractivity contribution in [2.45, 2.75) is 88.7 Å². The molecule has 1 heterocycles. The Labute approximate surface area is 332 Å². The Balaban J connectivity index is 1.45. The van der Waals surface area contributed by atoms with Gasteiger partial charge in [-0.1, -0.05) is 56.2 Å². The Bertz CT molecular complexity index is 1740. The Morgan fingerprint density at radius 3 is 2.16 bits per heavy atom. The molecule has 5 rings (SSSR count). The van der Waals surface area contributed by atoms with Crippen molar-refractivity contribution in [2.75, 3.05) is 48.2 Å². The number of likely N-dealkylation sites (tertiary alicyclic amines) is 1. The molecule has 3 aromatic rings. The highest BCUT2D eigenvalue weighted by molar-refractivity contribution is 5.89. The van der Waals surface area contributed by atoms with Crippen LogP contribution in [0.5, 0.6) is 34.5 Å². The number of benzene rings is 3. The number of hydrogen-bond donors (Lipinski definition) is 0. The highest BCUT2D eigenvalue weighted by Gasteiger charge is 2.41. The number of carbonyl (C=O) groups excluding carboxylic acids is 2. The average Bonchev–Trinajstić information content (AvgIpc) is 3.24. The topological polar surface area (TPSA) is 102 Å². The van der Waals surface area contributed by atoms with E-state index >= 15 is 4.79 Å². The molecule has 10 nitrogen and oxygen atoms in total. The highest BCUT2D eigenvalue weighted by Crippen LogP contribution is 2.45. The van der Waals surface area contributed by atoms with Gasteiger partial charge in [-0.3, -0.25) is 4.79 Å². The van der Waals surface area contributed by atoms with Crippen LogP contribution in [0.2, 0.25) is 0 Å². The molecule has 0 radical (unpaired) electrons. The zero-order valence-corrected chi connectivity index (χ0v) is 33.6. The van der Waals surface area contributed by atoms with E-state index in [9.17, 15) is 4.79 Å². The molecule has 0 N–H and O–H groups in total. The number of piperidine rings is 1. The summed E-state index contributed by atoms with van der Waals surface area (Å²) in [5, 5.41) is 0. The Hall–Kier alpha value is -5.12.